The lowest BCUT2D eigenvalue weighted by molar-refractivity contribution is 0.0564. The lowest BCUT2D eigenvalue weighted by Gasteiger charge is -2.26. The predicted octanol–water partition coefficient (Wildman–Crippen LogP) is 4.11. The van der Waals surface area contributed by atoms with E-state index >= 15 is 0 Å². The topological polar surface area (TPSA) is 96.7 Å². The maximum atomic E-state index is 12.7. The molecule has 0 radical (unpaired) electrons. The van der Waals surface area contributed by atoms with Gasteiger partial charge >= 0.3 is 6.03 Å². The van der Waals surface area contributed by atoms with Gasteiger partial charge in [0.2, 0.25) is 0 Å². The molecule has 4 rings (SSSR count). The van der Waals surface area contributed by atoms with Crippen molar-refractivity contribution in [2.45, 2.75) is 0 Å². The molecule has 0 saturated carbocycles. The number of thiophene rings is 1. The summed E-state index contributed by atoms with van der Waals surface area (Å²) in [6.45, 7) is 2.23. The molecule has 154 valence electrons. The molecule has 1 fully saturated rings. The van der Waals surface area contributed by atoms with Crippen LogP contribution < -0.4 is 16.4 Å². The standard InChI is InChI=1S/C22H22N4O3S/c23-18-8-5-16(20-2-1-13-30-20)14-19(18)25-21(27)15-3-6-17(7-4-15)24-22(28)26-9-11-29-12-10-26/h1-8,13-14H,9-12,23H2,(H,24,28)(H,25,27). The molecule has 0 unspecified atom stereocenters. The molecule has 3 aromatic rings. The monoisotopic (exact) mass is 422 g/mol. The summed E-state index contributed by atoms with van der Waals surface area (Å²) in [6.07, 6.45) is 0. The zero-order valence-electron chi connectivity index (χ0n) is 16.3. The van der Waals surface area contributed by atoms with E-state index in [2.05, 4.69) is 10.6 Å². The van der Waals surface area contributed by atoms with Crippen LogP contribution in [0.1, 0.15) is 10.4 Å². The molecule has 2 aromatic carbocycles. The third kappa shape index (κ3) is 4.61. The van der Waals surface area contributed by atoms with Gasteiger partial charge in [-0.25, -0.2) is 4.79 Å². The average Bonchev–Trinajstić information content (AvgIpc) is 3.31. The van der Waals surface area contributed by atoms with Crippen LogP contribution in [0.3, 0.4) is 0 Å². The number of hydrogen-bond donors (Lipinski definition) is 3. The molecule has 1 aromatic heterocycles. The minimum Gasteiger partial charge on any atom is -0.397 e. The molecule has 0 bridgehead atoms. The van der Waals surface area contributed by atoms with Gasteiger partial charge in [-0.2, -0.15) is 0 Å². The minimum atomic E-state index is -0.268. The molecule has 8 heteroatoms. The number of nitrogens with zero attached hydrogens (tertiary/aromatic N) is 1. The fraction of sp³-hybridized carbons (Fsp3) is 0.182. The van der Waals surface area contributed by atoms with Gasteiger partial charge in [0.25, 0.3) is 5.91 Å². The number of morpholine rings is 1. The second-order valence-electron chi connectivity index (χ2n) is 6.84. The number of anilines is 3. The van der Waals surface area contributed by atoms with Crippen LogP contribution in [0.5, 0.6) is 0 Å². The lowest BCUT2D eigenvalue weighted by Crippen LogP contribution is -2.43. The van der Waals surface area contributed by atoms with Crippen molar-refractivity contribution in [2.75, 3.05) is 42.7 Å². The van der Waals surface area contributed by atoms with Crippen LogP contribution in [0.15, 0.2) is 60.0 Å². The van der Waals surface area contributed by atoms with Gasteiger partial charge in [-0.15, -0.1) is 11.3 Å². The van der Waals surface area contributed by atoms with Gasteiger partial charge in [0, 0.05) is 29.2 Å². The first-order chi connectivity index (χ1) is 14.6. The van der Waals surface area contributed by atoms with E-state index in [1.54, 1.807) is 46.6 Å². The van der Waals surface area contributed by atoms with E-state index in [1.807, 2.05) is 29.6 Å². The first kappa shape index (κ1) is 19.9. The molecule has 30 heavy (non-hydrogen) atoms. The van der Waals surface area contributed by atoms with Gasteiger partial charge in [-0.1, -0.05) is 12.1 Å². The largest absolute Gasteiger partial charge is 0.397 e. The number of rotatable bonds is 4. The van der Waals surface area contributed by atoms with Crippen LogP contribution in [0.25, 0.3) is 10.4 Å². The molecule has 3 amide bonds. The Morgan fingerprint density at radius 2 is 1.77 bits per heavy atom. The van der Waals surface area contributed by atoms with E-state index < -0.39 is 0 Å². The number of ether oxygens (including phenoxy) is 1. The Balaban J connectivity index is 1.41. The molecular formula is C22H22N4O3S. The van der Waals surface area contributed by atoms with Crippen molar-refractivity contribution in [3.8, 4) is 10.4 Å². The quantitative estimate of drug-likeness (QED) is 0.551. The summed E-state index contributed by atoms with van der Waals surface area (Å²) in [5.74, 6) is -0.268. The maximum absolute atomic E-state index is 12.7. The molecule has 2 heterocycles. The summed E-state index contributed by atoms with van der Waals surface area (Å²) in [4.78, 5) is 27.7. The smallest absolute Gasteiger partial charge is 0.321 e. The Bertz CT molecular complexity index is 1030. The molecule has 1 aliphatic rings. The van der Waals surface area contributed by atoms with Crippen LogP contribution in [0, 0.1) is 0 Å². The highest BCUT2D eigenvalue weighted by Crippen LogP contribution is 2.30. The number of carbonyl (C=O) groups excluding carboxylic acids is 2. The van der Waals surface area contributed by atoms with Crippen molar-refractivity contribution in [1.29, 1.82) is 0 Å². The number of nitrogens with one attached hydrogen (secondary N) is 2. The molecular weight excluding hydrogens is 400 g/mol. The van der Waals surface area contributed by atoms with E-state index in [0.29, 0.717) is 48.9 Å². The number of amides is 3. The molecule has 4 N–H and O–H groups in total. The van der Waals surface area contributed by atoms with Crippen molar-refractivity contribution in [3.05, 3.63) is 65.5 Å². The highest BCUT2D eigenvalue weighted by atomic mass is 32.1. The van der Waals surface area contributed by atoms with Crippen LogP contribution in [0.4, 0.5) is 21.9 Å². The molecule has 0 aliphatic carbocycles. The highest BCUT2D eigenvalue weighted by molar-refractivity contribution is 7.13. The Morgan fingerprint density at radius 3 is 2.47 bits per heavy atom. The van der Waals surface area contributed by atoms with Gasteiger partial charge in [0.05, 0.1) is 24.6 Å². The first-order valence-corrected chi connectivity index (χ1v) is 10.5. The predicted molar refractivity (Wildman–Crippen MR) is 120 cm³/mol. The number of benzene rings is 2. The van der Waals surface area contributed by atoms with E-state index in [9.17, 15) is 9.59 Å². The van der Waals surface area contributed by atoms with Crippen molar-refractivity contribution >= 4 is 40.3 Å². The van der Waals surface area contributed by atoms with Gasteiger partial charge in [-0.05, 0) is 53.4 Å². The zero-order chi connectivity index (χ0) is 20.9. The van der Waals surface area contributed by atoms with Gasteiger partial charge in [0.15, 0.2) is 0 Å². The fourth-order valence-electron chi connectivity index (χ4n) is 3.13. The summed E-state index contributed by atoms with van der Waals surface area (Å²) >= 11 is 1.62. The lowest BCUT2D eigenvalue weighted by atomic mass is 10.1. The molecule has 0 spiro atoms. The summed E-state index contributed by atoms with van der Waals surface area (Å²) in [5, 5.41) is 7.72. The molecule has 1 saturated heterocycles. The van der Waals surface area contributed by atoms with E-state index in [-0.39, 0.29) is 11.9 Å². The zero-order valence-corrected chi connectivity index (χ0v) is 17.1. The number of hydrogen-bond acceptors (Lipinski definition) is 5. The van der Waals surface area contributed by atoms with Crippen LogP contribution in [-0.2, 0) is 4.74 Å². The number of nitrogens with two attached hydrogens (primary N) is 1. The summed E-state index contributed by atoms with van der Waals surface area (Å²) in [5.41, 5.74) is 9.21. The molecule has 7 nitrogen and oxygen atoms in total. The van der Waals surface area contributed by atoms with Gasteiger partial charge < -0.3 is 26.0 Å². The van der Waals surface area contributed by atoms with E-state index in [4.69, 9.17) is 10.5 Å². The number of urea groups is 1. The van der Waals surface area contributed by atoms with Crippen LogP contribution in [0.2, 0.25) is 0 Å². The van der Waals surface area contributed by atoms with Crippen molar-refractivity contribution in [3.63, 3.8) is 0 Å². The summed E-state index contributed by atoms with van der Waals surface area (Å²) in [7, 11) is 0. The Labute approximate surface area is 178 Å². The third-order valence-corrected chi connectivity index (χ3v) is 5.72. The number of nitrogen functional groups attached to an aromatic ring is 1. The SMILES string of the molecule is Nc1ccc(-c2cccs2)cc1NC(=O)c1ccc(NC(=O)N2CCOCC2)cc1. The normalized spacial score (nSPS) is 13.7. The van der Waals surface area contributed by atoms with Crippen molar-refractivity contribution < 1.29 is 14.3 Å². The summed E-state index contributed by atoms with van der Waals surface area (Å²) < 4.78 is 5.25. The van der Waals surface area contributed by atoms with Crippen LogP contribution >= 0.6 is 11.3 Å². The van der Waals surface area contributed by atoms with Crippen LogP contribution in [-0.4, -0.2) is 43.1 Å². The number of carbonyl (C=O) groups is 2. The summed E-state index contributed by atoms with van der Waals surface area (Å²) in [6, 6.07) is 16.2. The Kier molecular flexibility index (Phi) is 5.97. The van der Waals surface area contributed by atoms with E-state index in [0.717, 1.165) is 10.4 Å². The highest BCUT2D eigenvalue weighted by Gasteiger charge is 2.17. The van der Waals surface area contributed by atoms with Gasteiger partial charge in [0.1, 0.15) is 0 Å². The van der Waals surface area contributed by atoms with Crippen molar-refractivity contribution in [2.24, 2.45) is 0 Å². The average molecular weight is 423 g/mol. The van der Waals surface area contributed by atoms with E-state index in [1.165, 1.54) is 0 Å². The Morgan fingerprint density at radius 1 is 1.00 bits per heavy atom. The van der Waals surface area contributed by atoms with Gasteiger partial charge in [-0.3, -0.25) is 4.79 Å². The third-order valence-electron chi connectivity index (χ3n) is 4.80. The second kappa shape index (κ2) is 8.98. The van der Waals surface area contributed by atoms with Crippen molar-refractivity contribution in [1.82, 2.24) is 4.90 Å². The first-order valence-electron chi connectivity index (χ1n) is 9.58. The fourth-order valence-corrected chi connectivity index (χ4v) is 3.85. The molecule has 1 aliphatic heterocycles. The molecule has 0 atom stereocenters. The maximum Gasteiger partial charge on any atom is 0.321 e. The second-order valence-corrected chi connectivity index (χ2v) is 7.79. The minimum absolute atomic E-state index is 0.173. The Hall–Kier alpha value is -3.36.